The van der Waals surface area contributed by atoms with E-state index in [0.717, 1.165) is 32.2 Å². The molecule has 21 heavy (non-hydrogen) atoms. The zero-order valence-electron chi connectivity index (χ0n) is 13.7. The molecular formula is C18H29NOS. The fraction of sp³-hybridized carbons (Fsp3) is 0.667. The van der Waals surface area contributed by atoms with Gasteiger partial charge in [0.25, 0.3) is 0 Å². The fourth-order valence-corrected chi connectivity index (χ4v) is 3.78. The smallest absolute Gasteiger partial charge is 0.0727 e. The van der Waals surface area contributed by atoms with Gasteiger partial charge in [-0.15, -0.1) is 11.3 Å². The van der Waals surface area contributed by atoms with E-state index in [-0.39, 0.29) is 0 Å². The van der Waals surface area contributed by atoms with Crippen LogP contribution in [0.3, 0.4) is 0 Å². The zero-order chi connectivity index (χ0) is 15.1. The number of aryl methyl sites for hydroxylation is 1. The summed E-state index contributed by atoms with van der Waals surface area (Å²) < 4.78 is 6.00. The molecule has 2 nitrogen and oxygen atoms in total. The summed E-state index contributed by atoms with van der Waals surface area (Å²) in [5.74, 6) is 1.45. The Hall–Kier alpha value is -0.640. The lowest BCUT2D eigenvalue weighted by atomic mass is 9.85. The Morgan fingerprint density at radius 3 is 2.90 bits per heavy atom. The Bertz CT molecular complexity index is 452. The molecule has 0 saturated heterocycles. The molecular weight excluding hydrogens is 278 g/mol. The van der Waals surface area contributed by atoms with Gasteiger partial charge in [0, 0.05) is 16.3 Å². The van der Waals surface area contributed by atoms with Crippen molar-refractivity contribution < 1.29 is 4.74 Å². The van der Waals surface area contributed by atoms with E-state index < -0.39 is 0 Å². The van der Waals surface area contributed by atoms with Crippen LogP contribution in [0.1, 0.15) is 48.4 Å². The predicted octanol–water partition coefficient (Wildman–Crippen LogP) is 4.68. The first kappa shape index (κ1) is 16.7. The van der Waals surface area contributed by atoms with Crippen LogP contribution in [0, 0.1) is 18.8 Å². The molecule has 0 bridgehead atoms. The Morgan fingerprint density at radius 2 is 2.14 bits per heavy atom. The van der Waals surface area contributed by atoms with Crippen LogP contribution in [0.2, 0.25) is 0 Å². The molecule has 1 heterocycles. The van der Waals surface area contributed by atoms with E-state index in [1.165, 1.54) is 34.6 Å². The average molecular weight is 308 g/mol. The molecule has 1 N–H and O–H groups in total. The maximum absolute atomic E-state index is 6.00. The molecule has 0 aliphatic heterocycles. The van der Waals surface area contributed by atoms with Crippen molar-refractivity contribution in [3.05, 3.63) is 33.5 Å². The van der Waals surface area contributed by atoms with Gasteiger partial charge in [-0.1, -0.05) is 26.0 Å². The summed E-state index contributed by atoms with van der Waals surface area (Å²) in [4.78, 5) is 2.83. The minimum atomic E-state index is 0.694. The standard InChI is InChI=1S/C18H29NOS/c1-4-9-19-11-18-10-17(15(3)21-18)13-20-12-16-8-6-5-7-14(16)2/h5-6,10,14,16,19H,4,7-9,11-13H2,1-3H3. The Morgan fingerprint density at radius 1 is 1.33 bits per heavy atom. The minimum Gasteiger partial charge on any atom is -0.376 e. The highest BCUT2D eigenvalue weighted by molar-refractivity contribution is 7.12. The lowest BCUT2D eigenvalue weighted by Crippen LogP contribution is -2.19. The zero-order valence-corrected chi connectivity index (χ0v) is 14.5. The molecule has 0 spiro atoms. The van der Waals surface area contributed by atoms with Crippen molar-refractivity contribution in [3.63, 3.8) is 0 Å². The molecule has 2 atom stereocenters. The van der Waals surface area contributed by atoms with E-state index in [0.29, 0.717) is 5.92 Å². The first-order chi connectivity index (χ1) is 10.2. The van der Waals surface area contributed by atoms with Gasteiger partial charge in [-0.3, -0.25) is 0 Å². The van der Waals surface area contributed by atoms with Gasteiger partial charge in [0.1, 0.15) is 0 Å². The van der Waals surface area contributed by atoms with Crippen LogP contribution in [0.5, 0.6) is 0 Å². The molecule has 1 aliphatic rings. The molecule has 0 fully saturated rings. The summed E-state index contributed by atoms with van der Waals surface area (Å²) in [7, 11) is 0. The van der Waals surface area contributed by atoms with Crippen LogP contribution in [0.25, 0.3) is 0 Å². The van der Waals surface area contributed by atoms with E-state index in [1.54, 1.807) is 0 Å². The third-order valence-electron chi connectivity index (χ3n) is 4.31. The van der Waals surface area contributed by atoms with E-state index in [2.05, 4.69) is 44.3 Å². The normalized spacial score (nSPS) is 21.9. The number of rotatable bonds is 8. The molecule has 1 aliphatic carbocycles. The van der Waals surface area contributed by atoms with Gasteiger partial charge >= 0.3 is 0 Å². The molecule has 3 heteroatoms. The monoisotopic (exact) mass is 307 g/mol. The molecule has 2 rings (SSSR count). The van der Waals surface area contributed by atoms with Crippen LogP contribution in [0.15, 0.2) is 18.2 Å². The number of hydrogen-bond donors (Lipinski definition) is 1. The lowest BCUT2D eigenvalue weighted by molar-refractivity contribution is 0.0680. The maximum atomic E-state index is 6.00. The van der Waals surface area contributed by atoms with Crippen LogP contribution >= 0.6 is 11.3 Å². The summed E-state index contributed by atoms with van der Waals surface area (Å²) >= 11 is 1.90. The molecule has 0 radical (unpaired) electrons. The molecule has 2 unspecified atom stereocenters. The van der Waals surface area contributed by atoms with Gasteiger partial charge in [-0.2, -0.15) is 0 Å². The lowest BCUT2D eigenvalue weighted by Gasteiger charge is -2.24. The Kier molecular flexibility index (Phi) is 6.94. The number of nitrogens with one attached hydrogen (secondary N) is 1. The van der Waals surface area contributed by atoms with E-state index in [9.17, 15) is 0 Å². The molecule has 0 saturated carbocycles. The minimum absolute atomic E-state index is 0.694. The first-order valence-corrected chi connectivity index (χ1v) is 9.04. The highest BCUT2D eigenvalue weighted by Gasteiger charge is 2.18. The predicted molar refractivity (Wildman–Crippen MR) is 91.7 cm³/mol. The van der Waals surface area contributed by atoms with Gasteiger partial charge in [0.15, 0.2) is 0 Å². The number of allylic oxidation sites excluding steroid dienone is 2. The highest BCUT2D eigenvalue weighted by atomic mass is 32.1. The molecule has 0 amide bonds. The largest absolute Gasteiger partial charge is 0.376 e. The number of ether oxygens (including phenoxy) is 1. The van der Waals surface area contributed by atoms with Crippen molar-refractivity contribution >= 4 is 11.3 Å². The summed E-state index contributed by atoms with van der Waals surface area (Å²) in [6.07, 6.45) is 8.18. The summed E-state index contributed by atoms with van der Waals surface area (Å²) in [5.41, 5.74) is 1.37. The first-order valence-electron chi connectivity index (χ1n) is 8.22. The van der Waals surface area contributed by atoms with Gasteiger partial charge in [-0.25, -0.2) is 0 Å². The topological polar surface area (TPSA) is 21.3 Å². The fourth-order valence-electron chi connectivity index (χ4n) is 2.77. The van der Waals surface area contributed by atoms with Crippen LogP contribution in [-0.2, 0) is 17.9 Å². The van der Waals surface area contributed by atoms with E-state index >= 15 is 0 Å². The van der Waals surface area contributed by atoms with Crippen LogP contribution in [0.4, 0.5) is 0 Å². The second-order valence-electron chi connectivity index (χ2n) is 6.17. The third kappa shape index (κ3) is 5.24. The van der Waals surface area contributed by atoms with E-state index in [1.807, 2.05) is 11.3 Å². The van der Waals surface area contributed by atoms with Gasteiger partial charge in [-0.05, 0) is 56.2 Å². The second kappa shape index (κ2) is 8.72. The average Bonchev–Trinajstić information content (AvgIpc) is 2.82. The number of thiophene rings is 1. The van der Waals surface area contributed by atoms with Crippen molar-refractivity contribution in [1.82, 2.24) is 5.32 Å². The highest BCUT2D eigenvalue weighted by Crippen LogP contribution is 2.26. The molecule has 118 valence electrons. The van der Waals surface area contributed by atoms with Gasteiger partial charge in [0.05, 0.1) is 13.2 Å². The van der Waals surface area contributed by atoms with Crippen molar-refractivity contribution in [2.75, 3.05) is 13.2 Å². The van der Waals surface area contributed by atoms with Crippen molar-refractivity contribution in [2.24, 2.45) is 11.8 Å². The quantitative estimate of drug-likeness (QED) is 0.556. The Labute approximate surface area is 133 Å². The molecule has 0 aromatic carbocycles. The van der Waals surface area contributed by atoms with Crippen molar-refractivity contribution in [3.8, 4) is 0 Å². The van der Waals surface area contributed by atoms with Crippen molar-refractivity contribution in [2.45, 2.75) is 53.2 Å². The van der Waals surface area contributed by atoms with E-state index in [4.69, 9.17) is 4.74 Å². The van der Waals surface area contributed by atoms with Crippen LogP contribution < -0.4 is 5.32 Å². The SMILES string of the molecule is CCCNCc1cc(COCC2CC=CCC2C)c(C)s1. The third-order valence-corrected chi connectivity index (χ3v) is 5.40. The molecule has 1 aromatic rings. The summed E-state index contributed by atoms with van der Waals surface area (Å²) in [6.45, 7) is 10.5. The van der Waals surface area contributed by atoms with Gasteiger partial charge < -0.3 is 10.1 Å². The number of hydrogen-bond acceptors (Lipinski definition) is 3. The Balaban J connectivity index is 1.76. The molecule has 1 aromatic heterocycles. The summed E-state index contributed by atoms with van der Waals surface area (Å²) in [6, 6.07) is 2.31. The summed E-state index contributed by atoms with van der Waals surface area (Å²) in [5, 5.41) is 3.47. The second-order valence-corrected chi connectivity index (χ2v) is 7.51. The van der Waals surface area contributed by atoms with Crippen molar-refractivity contribution in [1.29, 1.82) is 0 Å². The maximum Gasteiger partial charge on any atom is 0.0727 e. The van der Waals surface area contributed by atoms with Crippen LogP contribution in [-0.4, -0.2) is 13.2 Å². The van der Waals surface area contributed by atoms with Gasteiger partial charge in [0.2, 0.25) is 0 Å².